The molecule has 2 saturated heterocycles. The maximum Gasteiger partial charge on any atom is 0.248 e. The van der Waals surface area contributed by atoms with Crippen LogP contribution in [0.2, 0.25) is 0 Å². The lowest BCUT2D eigenvalue weighted by atomic mass is 9.88. The van der Waals surface area contributed by atoms with E-state index in [4.69, 9.17) is 4.74 Å². The van der Waals surface area contributed by atoms with Crippen molar-refractivity contribution in [3.63, 3.8) is 0 Å². The maximum absolute atomic E-state index is 12.7. The van der Waals surface area contributed by atoms with Crippen molar-refractivity contribution in [1.29, 1.82) is 0 Å². The Morgan fingerprint density at radius 1 is 1.10 bits per heavy atom. The van der Waals surface area contributed by atoms with Gasteiger partial charge in [0, 0.05) is 32.4 Å². The van der Waals surface area contributed by atoms with Crippen LogP contribution in [-0.2, 0) is 25.2 Å². The van der Waals surface area contributed by atoms with Crippen LogP contribution < -0.4 is 0 Å². The van der Waals surface area contributed by atoms with Crippen LogP contribution in [0.15, 0.2) is 59.6 Å². The molecule has 166 valence electrons. The van der Waals surface area contributed by atoms with Gasteiger partial charge in [-0.3, -0.25) is 9.78 Å². The Labute approximate surface area is 182 Å². The molecule has 2 aromatic rings. The molecule has 1 atom stereocenters. The quantitative estimate of drug-likeness (QED) is 0.721. The number of sulfonamides is 1. The summed E-state index contributed by atoms with van der Waals surface area (Å²) in [5.74, 6) is -0.146. The first-order valence-electron chi connectivity index (χ1n) is 10.5. The van der Waals surface area contributed by atoms with E-state index < -0.39 is 15.6 Å². The third kappa shape index (κ3) is 4.79. The van der Waals surface area contributed by atoms with Gasteiger partial charge in [0.1, 0.15) is 12.2 Å². The number of carbonyl (C=O) groups excluding carboxylic acids is 1. The number of benzene rings is 1. The summed E-state index contributed by atoms with van der Waals surface area (Å²) in [4.78, 5) is 18.8. The Hall–Kier alpha value is -2.33. The highest BCUT2D eigenvalue weighted by molar-refractivity contribution is 7.89. The van der Waals surface area contributed by atoms with E-state index in [2.05, 4.69) is 4.98 Å². The number of ether oxygens (including phenoxy) is 1. The average Bonchev–Trinajstić information content (AvgIpc) is 3.29. The van der Waals surface area contributed by atoms with Crippen molar-refractivity contribution in [1.82, 2.24) is 14.2 Å². The average molecular weight is 446 g/mol. The second kappa shape index (κ2) is 9.04. The van der Waals surface area contributed by atoms with E-state index in [0.717, 1.165) is 0 Å². The first-order valence-corrected chi connectivity index (χ1v) is 11.9. The molecule has 4 rings (SSSR count). The lowest BCUT2D eigenvalue weighted by molar-refractivity contribution is -0.142. The van der Waals surface area contributed by atoms with Crippen LogP contribution in [0.3, 0.4) is 0 Å². The van der Waals surface area contributed by atoms with Crippen molar-refractivity contribution < 1.29 is 23.1 Å². The van der Waals surface area contributed by atoms with Crippen molar-refractivity contribution in [2.24, 2.45) is 0 Å². The summed E-state index contributed by atoms with van der Waals surface area (Å²) in [7, 11) is -3.55. The molecule has 2 aliphatic rings. The minimum atomic E-state index is -3.55. The minimum absolute atomic E-state index is 0.0914. The van der Waals surface area contributed by atoms with Crippen LogP contribution in [0.4, 0.5) is 0 Å². The van der Waals surface area contributed by atoms with Crippen LogP contribution in [0.1, 0.15) is 25.0 Å². The van der Waals surface area contributed by atoms with Crippen molar-refractivity contribution in [2.45, 2.75) is 35.9 Å². The number of hydrogen-bond acceptors (Lipinski definition) is 6. The molecular formula is C22H27N3O5S. The van der Waals surface area contributed by atoms with Crippen LogP contribution in [0, 0.1) is 0 Å². The summed E-state index contributed by atoms with van der Waals surface area (Å²) in [6.07, 6.45) is 2.74. The highest BCUT2D eigenvalue weighted by Gasteiger charge is 2.37. The first kappa shape index (κ1) is 21.9. The van der Waals surface area contributed by atoms with Crippen molar-refractivity contribution in [2.75, 3.05) is 32.8 Å². The third-order valence-corrected chi connectivity index (χ3v) is 7.90. The second-order valence-corrected chi connectivity index (χ2v) is 9.96. The molecule has 0 bridgehead atoms. The molecule has 1 aromatic carbocycles. The summed E-state index contributed by atoms with van der Waals surface area (Å²) in [5.41, 5.74) is -0.388. The Morgan fingerprint density at radius 2 is 1.81 bits per heavy atom. The number of aliphatic hydroxyl groups is 1. The number of aromatic nitrogens is 1. The summed E-state index contributed by atoms with van der Waals surface area (Å²) >= 11 is 0. The number of pyridine rings is 1. The number of piperidine rings is 1. The van der Waals surface area contributed by atoms with E-state index >= 15 is 0 Å². The van der Waals surface area contributed by atoms with E-state index in [1.54, 1.807) is 53.6 Å². The fourth-order valence-corrected chi connectivity index (χ4v) is 5.60. The molecule has 0 spiro atoms. The van der Waals surface area contributed by atoms with Gasteiger partial charge in [0.2, 0.25) is 15.9 Å². The van der Waals surface area contributed by atoms with Gasteiger partial charge in [0.15, 0.2) is 0 Å². The summed E-state index contributed by atoms with van der Waals surface area (Å²) in [6, 6.07) is 13.8. The number of amides is 1. The maximum atomic E-state index is 12.7. The van der Waals surface area contributed by atoms with Gasteiger partial charge in [-0.1, -0.05) is 24.3 Å². The number of rotatable bonds is 6. The molecule has 1 N–H and O–H groups in total. The van der Waals surface area contributed by atoms with Gasteiger partial charge in [-0.05, 0) is 43.5 Å². The number of likely N-dealkylation sites (tertiary alicyclic amines) is 1. The van der Waals surface area contributed by atoms with E-state index in [1.165, 1.54) is 4.31 Å². The fraction of sp³-hybridized carbons (Fsp3) is 0.455. The van der Waals surface area contributed by atoms with Crippen molar-refractivity contribution >= 4 is 15.9 Å². The molecule has 3 heterocycles. The molecule has 8 nitrogen and oxygen atoms in total. The number of nitrogens with zero attached hydrogens (tertiary/aromatic N) is 3. The zero-order valence-corrected chi connectivity index (χ0v) is 18.1. The van der Waals surface area contributed by atoms with E-state index in [1.807, 2.05) is 6.07 Å². The van der Waals surface area contributed by atoms with Crippen LogP contribution >= 0.6 is 0 Å². The molecule has 9 heteroatoms. The predicted molar refractivity (Wildman–Crippen MR) is 114 cm³/mol. The van der Waals surface area contributed by atoms with Gasteiger partial charge < -0.3 is 14.7 Å². The fourth-order valence-electron chi connectivity index (χ4n) is 4.09. The van der Waals surface area contributed by atoms with Gasteiger partial charge in [0.25, 0.3) is 0 Å². The molecule has 0 saturated carbocycles. The number of hydrogen-bond donors (Lipinski definition) is 1. The Bertz CT molecular complexity index is 992. The Kier molecular flexibility index (Phi) is 6.38. The first-order chi connectivity index (χ1) is 14.9. The normalized spacial score (nSPS) is 21.8. The monoisotopic (exact) mass is 445 g/mol. The number of carbonyl (C=O) groups is 1. The van der Waals surface area contributed by atoms with Crippen molar-refractivity contribution in [3.8, 4) is 0 Å². The zero-order valence-electron chi connectivity index (χ0n) is 17.3. The highest BCUT2D eigenvalue weighted by Crippen LogP contribution is 2.31. The van der Waals surface area contributed by atoms with E-state index in [0.29, 0.717) is 44.6 Å². The highest BCUT2D eigenvalue weighted by atomic mass is 32.2. The van der Waals surface area contributed by atoms with Gasteiger partial charge in [0.05, 0.1) is 16.7 Å². The molecule has 2 fully saturated rings. The van der Waals surface area contributed by atoms with Gasteiger partial charge in [-0.25, -0.2) is 8.42 Å². The van der Waals surface area contributed by atoms with Gasteiger partial charge >= 0.3 is 0 Å². The summed E-state index contributed by atoms with van der Waals surface area (Å²) in [5, 5.41) is 10.8. The van der Waals surface area contributed by atoms with Crippen LogP contribution in [-0.4, -0.2) is 72.5 Å². The minimum Gasteiger partial charge on any atom is -0.383 e. The molecular weight excluding hydrogens is 418 g/mol. The second-order valence-electron chi connectivity index (χ2n) is 8.03. The molecule has 1 amide bonds. The molecule has 1 unspecified atom stereocenters. The SMILES string of the molecule is O=C(COC1CCN(S(=O)(=O)c2ccccc2)C1)N1CCC(O)(c2ccccn2)CC1. The third-order valence-electron chi connectivity index (χ3n) is 6.02. The predicted octanol–water partition coefficient (Wildman–Crippen LogP) is 1.37. The molecule has 2 aliphatic heterocycles. The van der Waals surface area contributed by atoms with Gasteiger partial charge in [-0.15, -0.1) is 0 Å². The lowest BCUT2D eigenvalue weighted by Gasteiger charge is -2.37. The summed E-state index contributed by atoms with van der Waals surface area (Å²) < 4.78 is 32.6. The van der Waals surface area contributed by atoms with Gasteiger partial charge in [-0.2, -0.15) is 4.31 Å². The smallest absolute Gasteiger partial charge is 0.248 e. The lowest BCUT2D eigenvalue weighted by Crippen LogP contribution is -2.47. The molecule has 1 aromatic heterocycles. The molecule has 31 heavy (non-hydrogen) atoms. The van der Waals surface area contributed by atoms with E-state index in [-0.39, 0.29) is 30.1 Å². The Morgan fingerprint density at radius 3 is 2.48 bits per heavy atom. The molecule has 0 aliphatic carbocycles. The largest absolute Gasteiger partial charge is 0.383 e. The molecule has 0 radical (unpaired) electrons. The topological polar surface area (TPSA) is 100 Å². The Balaban J connectivity index is 1.26. The summed E-state index contributed by atoms with van der Waals surface area (Å²) in [6.45, 7) is 1.37. The van der Waals surface area contributed by atoms with Crippen molar-refractivity contribution in [3.05, 3.63) is 60.4 Å². The van der Waals surface area contributed by atoms with E-state index in [9.17, 15) is 18.3 Å². The van der Waals surface area contributed by atoms with Crippen LogP contribution in [0.25, 0.3) is 0 Å². The van der Waals surface area contributed by atoms with Crippen LogP contribution in [0.5, 0.6) is 0 Å². The standard InChI is InChI=1S/C22H27N3O5S/c26-21(24-14-10-22(27,11-15-24)20-8-4-5-12-23-20)17-30-18-9-13-25(16-18)31(28,29)19-6-2-1-3-7-19/h1-8,12,18,27H,9-11,13-17H2. The zero-order chi connectivity index (χ0) is 21.9.